The Morgan fingerprint density at radius 3 is 3.06 bits per heavy atom. The van der Waals surface area contributed by atoms with Gasteiger partial charge in [0, 0.05) is 36.7 Å². The third-order valence-electron chi connectivity index (χ3n) is 2.80. The first-order chi connectivity index (χ1) is 8.35. The highest BCUT2D eigenvalue weighted by Gasteiger charge is 2.01. The van der Waals surface area contributed by atoms with Gasteiger partial charge in [-0.3, -0.25) is 0 Å². The molecule has 0 amide bonds. The summed E-state index contributed by atoms with van der Waals surface area (Å²) in [6.45, 7) is 6.44. The minimum Gasteiger partial charge on any atom is -0.497 e. The molecule has 0 aliphatic rings. The average Bonchev–Trinajstić information content (AvgIpc) is 2.77. The third-order valence-corrected chi connectivity index (χ3v) is 2.80. The molecule has 17 heavy (non-hydrogen) atoms. The van der Waals surface area contributed by atoms with Crippen molar-refractivity contribution in [1.82, 2.24) is 9.88 Å². The van der Waals surface area contributed by atoms with Gasteiger partial charge in [0.25, 0.3) is 0 Å². The van der Waals surface area contributed by atoms with Crippen molar-refractivity contribution in [3.05, 3.63) is 43.1 Å². The number of hydrogen-bond donors (Lipinski definition) is 1. The molecule has 0 saturated heterocycles. The van der Waals surface area contributed by atoms with Crippen molar-refractivity contribution in [2.75, 3.05) is 20.2 Å². The van der Waals surface area contributed by atoms with Gasteiger partial charge in [-0.25, -0.2) is 0 Å². The molecule has 0 fully saturated rings. The SMILES string of the molecule is C=CCNCCn1ccc2cc(OC)ccc21. The number of methoxy groups -OCH3 is 1. The molecule has 1 N–H and O–H groups in total. The van der Waals surface area contributed by atoms with E-state index in [0.717, 1.165) is 25.4 Å². The van der Waals surface area contributed by atoms with Crippen LogP contribution in [0.3, 0.4) is 0 Å². The fourth-order valence-corrected chi connectivity index (χ4v) is 1.90. The Morgan fingerprint density at radius 1 is 1.41 bits per heavy atom. The molecule has 0 bridgehead atoms. The molecule has 2 aromatic rings. The van der Waals surface area contributed by atoms with E-state index in [2.05, 4.69) is 40.9 Å². The zero-order valence-electron chi connectivity index (χ0n) is 10.1. The van der Waals surface area contributed by atoms with Crippen LogP contribution in [0.15, 0.2) is 43.1 Å². The number of nitrogens with one attached hydrogen (secondary N) is 1. The maximum Gasteiger partial charge on any atom is 0.119 e. The van der Waals surface area contributed by atoms with Crippen LogP contribution >= 0.6 is 0 Å². The fourth-order valence-electron chi connectivity index (χ4n) is 1.90. The van der Waals surface area contributed by atoms with Crippen molar-refractivity contribution in [3.8, 4) is 5.75 Å². The Kier molecular flexibility index (Phi) is 3.83. The highest BCUT2D eigenvalue weighted by atomic mass is 16.5. The Balaban J connectivity index is 2.10. The average molecular weight is 230 g/mol. The molecule has 2 rings (SSSR count). The van der Waals surface area contributed by atoms with Gasteiger partial charge in [-0.2, -0.15) is 0 Å². The van der Waals surface area contributed by atoms with Gasteiger partial charge in [0.05, 0.1) is 7.11 Å². The summed E-state index contributed by atoms with van der Waals surface area (Å²) < 4.78 is 7.45. The predicted octanol–water partition coefficient (Wildman–Crippen LogP) is 2.43. The van der Waals surface area contributed by atoms with Crippen LogP contribution in [0.5, 0.6) is 5.75 Å². The van der Waals surface area contributed by atoms with Crippen LogP contribution in [0, 0.1) is 0 Å². The van der Waals surface area contributed by atoms with Gasteiger partial charge in [-0.15, -0.1) is 6.58 Å². The van der Waals surface area contributed by atoms with Crippen molar-refractivity contribution in [2.45, 2.75) is 6.54 Å². The monoisotopic (exact) mass is 230 g/mol. The second kappa shape index (κ2) is 5.55. The Hall–Kier alpha value is -1.74. The van der Waals surface area contributed by atoms with E-state index in [1.807, 2.05) is 12.1 Å². The van der Waals surface area contributed by atoms with Gasteiger partial charge in [-0.05, 0) is 24.3 Å². The van der Waals surface area contributed by atoms with Crippen LogP contribution in [-0.4, -0.2) is 24.8 Å². The third kappa shape index (κ3) is 2.68. The number of rotatable bonds is 6. The topological polar surface area (TPSA) is 26.2 Å². The fraction of sp³-hybridized carbons (Fsp3) is 0.286. The largest absolute Gasteiger partial charge is 0.497 e. The highest BCUT2D eigenvalue weighted by Crippen LogP contribution is 2.21. The first-order valence-electron chi connectivity index (χ1n) is 5.79. The molecule has 3 nitrogen and oxygen atoms in total. The number of nitrogens with zero attached hydrogens (tertiary/aromatic N) is 1. The molecule has 0 aliphatic heterocycles. The minimum atomic E-state index is 0.854. The van der Waals surface area contributed by atoms with Crippen LogP contribution in [-0.2, 0) is 6.54 Å². The molecule has 0 aliphatic carbocycles. The first kappa shape index (κ1) is 11.7. The molecule has 1 aromatic heterocycles. The van der Waals surface area contributed by atoms with Crippen molar-refractivity contribution >= 4 is 10.9 Å². The van der Waals surface area contributed by atoms with Crippen LogP contribution in [0.1, 0.15) is 0 Å². The smallest absolute Gasteiger partial charge is 0.119 e. The lowest BCUT2D eigenvalue weighted by atomic mass is 10.2. The van der Waals surface area contributed by atoms with Crippen molar-refractivity contribution in [2.24, 2.45) is 0 Å². The maximum atomic E-state index is 5.21. The molecule has 1 heterocycles. The normalized spacial score (nSPS) is 10.6. The van der Waals surface area contributed by atoms with Crippen LogP contribution in [0.25, 0.3) is 10.9 Å². The van der Waals surface area contributed by atoms with E-state index in [1.165, 1.54) is 10.9 Å². The van der Waals surface area contributed by atoms with Gasteiger partial charge < -0.3 is 14.6 Å². The van der Waals surface area contributed by atoms with Crippen LogP contribution in [0.4, 0.5) is 0 Å². The summed E-state index contributed by atoms with van der Waals surface area (Å²) in [5.41, 5.74) is 1.24. The van der Waals surface area contributed by atoms with E-state index in [4.69, 9.17) is 4.74 Å². The summed E-state index contributed by atoms with van der Waals surface area (Å²) >= 11 is 0. The van der Waals surface area contributed by atoms with Crippen molar-refractivity contribution in [3.63, 3.8) is 0 Å². The van der Waals surface area contributed by atoms with Crippen LogP contribution in [0.2, 0.25) is 0 Å². The Morgan fingerprint density at radius 2 is 2.29 bits per heavy atom. The van der Waals surface area contributed by atoms with E-state index >= 15 is 0 Å². The van der Waals surface area contributed by atoms with Gasteiger partial charge >= 0.3 is 0 Å². The summed E-state index contributed by atoms with van der Waals surface area (Å²) in [7, 11) is 1.69. The van der Waals surface area contributed by atoms with Crippen molar-refractivity contribution in [1.29, 1.82) is 0 Å². The molecular weight excluding hydrogens is 212 g/mol. The van der Waals surface area contributed by atoms with Crippen LogP contribution < -0.4 is 10.1 Å². The lowest BCUT2D eigenvalue weighted by molar-refractivity contribution is 0.415. The molecular formula is C14H18N2O. The number of ether oxygens (including phenoxy) is 1. The minimum absolute atomic E-state index is 0.854. The van der Waals surface area contributed by atoms with Gasteiger partial charge in [-0.1, -0.05) is 6.08 Å². The summed E-state index contributed by atoms with van der Waals surface area (Å²) in [4.78, 5) is 0. The maximum absolute atomic E-state index is 5.21. The van der Waals surface area contributed by atoms with Gasteiger partial charge in [0.1, 0.15) is 5.75 Å². The lowest BCUT2D eigenvalue weighted by Gasteiger charge is -2.06. The Bertz CT molecular complexity index is 502. The van der Waals surface area contributed by atoms with E-state index in [1.54, 1.807) is 7.11 Å². The van der Waals surface area contributed by atoms with E-state index < -0.39 is 0 Å². The van der Waals surface area contributed by atoms with E-state index in [9.17, 15) is 0 Å². The number of hydrogen-bond acceptors (Lipinski definition) is 2. The van der Waals surface area contributed by atoms with Gasteiger partial charge in [0.2, 0.25) is 0 Å². The number of aromatic nitrogens is 1. The molecule has 0 radical (unpaired) electrons. The Labute approximate surface area is 102 Å². The first-order valence-corrected chi connectivity index (χ1v) is 5.79. The van der Waals surface area contributed by atoms with Crippen molar-refractivity contribution < 1.29 is 4.74 Å². The summed E-state index contributed by atoms with van der Waals surface area (Å²) in [5, 5.41) is 4.51. The van der Waals surface area contributed by atoms with E-state index in [-0.39, 0.29) is 0 Å². The molecule has 0 unspecified atom stereocenters. The zero-order chi connectivity index (χ0) is 12.1. The molecule has 0 atom stereocenters. The quantitative estimate of drug-likeness (QED) is 0.609. The van der Waals surface area contributed by atoms with Gasteiger partial charge in [0.15, 0.2) is 0 Å². The second-order valence-electron chi connectivity index (χ2n) is 3.93. The highest BCUT2D eigenvalue weighted by molar-refractivity contribution is 5.81. The standard InChI is InChI=1S/C14H18N2O/c1-3-7-15-8-10-16-9-6-12-11-13(17-2)4-5-14(12)16/h3-6,9,11,15H,1,7-8,10H2,2H3. The molecule has 0 saturated carbocycles. The second-order valence-corrected chi connectivity index (χ2v) is 3.93. The predicted molar refractivity (Wildman–Crippen MR) is 71.6 cm³/mol. The molecule has 1 aromatic carbocycles. The molecule has 3 heteroatoms. The molecule has 0 spiro atoms. The molecule has 90 valence electrons. The lowest BCUT2D eigenvalue weighted by Crippen LogP contribution is -2.19. The summed E-state index contributed by atoms with van der Waals surface area (Å²) in [6, 6.07) is 8.27. The number of fused-ring (bicyclic) bond motifs is 1. The number of benzene rings is 1. The zero-order valence-corrected chi connectivity index (χ0v) is 10.1. The van der Waals surface area contributed by atoms with E-state index in [0.29, 0.717) is 0 Å². The summed E-state index contributed by atoms with van der Waals surface area (Å²) in [6.07, 6.45) is 3.98. The summed E-state index contributed by atoms with van der Waals surface area (Å²) in [5.74, 6) is 0.903.